The summed E-state index contributed by atoms with van der Waals surface area (Å²) in [4.78, 5) is 0. The molecule has 0 heterocycles. The van der Waals surface area contributed by atoms with Crippen LogP contribution in [0.25, 0.3) is 0 Å². The van der Waals surface area contributed by atoms with Gasteiger partial charge < -0.3 is 0 Å². The van der Waals surface area contributed by atoms with E-state index in [1.54, 1.807) is 0 Å². The largest absolute Gasteiger partial charge is 0.393 e. The van der Waals surface area contributed by atoms with Crippen LogP contribution in [0.2, 0.25) is 0 Å². The van der Waals surface area contributed by atoms with Gasteiger partial charge in [0.25, 0.3) is 0 Å². The van der Waals surface area contributed by atoms with Gasteiger partial charge in [-0.05, 0) is 91.7 Å². The Morgan fingerprint density at radius 1 is 0.291 bits per heavy atom. The van der Waals surface area contributed by atoms with E-state index in [0.717, 1.165) is 32.6 Å². The topological polar surface area (TPSA) is 0 Å². The van der Waals surface area contributed by atoms with Crippen LogP contribution in [0.15, 0.2) is 0 Å². The van der Waals surface area contributed by atoms with Gasteiger partial charge in [0.05, 0.1) is 10.8 Å². The Morgan fingerprint density at radius 3 is 0.494 bits per heavy atom. The number of alkyl halides is 6. The number of hydrogen-bond acceptors (Lipinski definition) is 0. The van der Waals surface area contributed by atoms with E-state index < -0.39 is 23.2 Å². The molecule has 0 aromatic rings. The summed E-state index contributed by atoms with van der Waals surface area (Å²) in [5.74, 6) is 1.64. The quantitative estimate of drug-likeness (QED) is 0.247. The van der Waals surface area contributed by atoms with Crippen LogP contribution < -0.4 is 0 Å². The molecular formula is C73H176F6. The molecule has 0 spiro atoms. The molecule has 0 radical (unpaired) electrons. The van der Waals surface area contributed by atoms with Gasteiger partial charge in [-0.15, -0.1) is 0 Å². The molecule has 0 N–H and O–H groups in total. The molecule has 0 aromatic carbocycles. The molecule has 0 saturated carbocycles. The first-order valence-electron chi connectivity index (χ1n) is 27.3. The van der Waals surface area contributed by atoms with E-state index in [4.69, 9.17) is 0 Å². The minimum absolute atomic E-state index is 0. The molecule has 0 nitrogen and oxygen atoms in total. The van der Waals surface area contributed by atoms with Gasteiger partial charge in [-0.1, -0.05) is 370 Å². The molecule has 0 fully saturated rings. The van der Waals surface area contributed by atoms with Crippen molar-refractivity contribution in [2.24, 2.45) is 76.8 Å². The van der Waals surface area contributed by atoms with E-state index >= 15 is 0 Å². The fraction of sp³-hybridized carbons (Fsp3) is 1.00. The monoisotopic (exact) mass is 1170 g/mol. The third-order valence-corrected chi connectivity index (χ3v) is 10.7. The summed E-state index contributed by atoms with van der Waals surface area (Å²) in [5, 5.41) is 0. The first-order chi connectivity index (χ1) is 29.1. The Kier molecular flexibility index (Phi) is 81.2. The standard InChI is InChI=1S/C9H17F3.C9H20.2C8H18.2C7H16.C6H14.C5H9F3.C5H12.9CH4/c1-7(2,3)6-8(4,5)9(10,11)12;1-8(2,3)7-9(4,5)6;1-7(2)6-8(3,4)5;1-7(2,3)8(4,5)6;1-6(2)7(3,4)5;1-5-6-7(2,3)4;1-5-6(2,3)4;1-4(2,3)5(6,7)8;1-5(2,3)4;;;;;;;;;/h6H2,1-5H3;7H2,1-6H3;7H,6H2,1-5H3;1-6H3;6H,1-5H3;5-6H2,1-4H3;5H2,1-4H3;1-3H3;1-4H3;9*1H4. The van der Waals surface area contributed by atoms with Crippen molar-refractivity contribution in [3.63, 3.8) is 0 Å². The van der Waals surface area contributed by atoms with Crippen LogP contribution in [-0.2, 0) is 0 Å². The van der Waals surface area contributed by atoms with Crippen LogP contribution in [0.3, 0.4) is 0 Å². The first kappa shape index (κ1) is 129. The smallest absolute Gasteiger partial charge is 0.171 e. The van der Waals surface area contributed by atoms with Crippen LogP contribution in [0.4, 0.5) is 26.3 Å². The van der Waals surface area contributed by atoms with E-state index in [-0.39, 0.29) is 78.7 Å². The lowest BCUT2D eigenvalue weighted by atomic mass is 9.71. The molecule has 6 heteroatoms. The minimum atomic E-state index is -4.10. The highest BCUT2D eigenvalue weighted by Crippen LogP contribution is 2.45. The summed E-state index contributed by atoms with van der Waals surface area (Å²) in [5.41, 5.74) is 1.04. The third kappa shape index (κ3) is 138. The highest BCUT2D eigenvalue weighted by Gasteiger charge is 2.48. The van der Waals surface area contributed by atoms with Crippen molar-refractivity contribution in [1.29, 1.82) is 0 Å². The van der Waals surface area contributed by atoms with Gasteiger partial charge in [0.15, 0.2) is 0 Å². The predicted octanol–water partition coefficient (Wildman–Crippen LogP) is 32.0. The summed E-state index contributed by atoms with van der Waals surface area (Å²) in [6, 6.07) is 0. The zero-order valence-electron chi connectivity index (χ0n) is 56.7. The second-order valence-electron chi connectivity index (χ2n) is 34.6. The molecular weight excluding hydrogens is 991 g/mol. The summed E-state index contributed by atoms with van der Waals surface area (Å²) in [6.45, 7) is 88.2. The molecule has 0 rings (SSSR count). The zero-order valence-corrected chi connectivity index (χ0v) is 56.7. The minimum Gasteiger partial charge on any atom is -0.171 e. The van der Waals surface area contributed by atoms with Crippen LogP contribution in [-0.4, -0.2) is 12.4 Å². The third-order valence-electron chi connectivity index (χ3n) is 10.7. The number of halogens is 6. The molecule has 0 aliphatic carbocycles. The average Bonchev–Trinajstić information content (AvgIpc) is 2.90. The van der Waals surface area contributed by atoms with Crippen molar-refractivity contribution in [2.45, 2.75) is 409 Å². The normalized spacial score (nSPS) is 11.9. The second kappa shape index (κ2) is 49.8. The Labute approximate surface area is 509 Å². The molecule has 0 aromatic heterocycles. The summed E-state index contributed by atoms with van der Waals surface area (Å²) < 4.78 is 71.8. The van der Waals surface area contributed by atoms with Crippen molar-refractivity contribution in [3.8, 4) is 0 Å². The van der Waals surface area contributed by atoms with E-state index in [1.165, 1.54) is 46.0 Å². The lowest BCUT2D eigenvalue weighted by Crippen LogP contribution is -2.35. The van der Waals surface area contributed by atoms with Gasteiger partial charge in [-0.25, -0.2) is 0 Å². The van der Waals surface area contributed by atoms with E-state index in [2.05, 4.69) is 235 Å². The highest BCUT2D eigenvalue weighted by molar-refractivity contribution is 4.82. The lowest BCUT2D eigenvalue weighted by Gasteiger charge is -2.34. The summed E-state index contributed by atoms with van der Waals surface area (Å²) >= 11 is 0. The van der Waals surface area contributed by atoms with Crippen molar-refractivity contribution >= 4 is 0 Å². The lowest BCUT2D eigenvalue weighted by molar-refractivity contribution is -0.220. The molecule has 0 unspecified atom stereocenters. The molecule has 79 heavy (non-hydrogen) atoms. The van der Waals surface area contributed by atoms with Crippen LogP contribution in [0, 0.1) is 76.8 Å². The molecule has 0 saturated heterocycles. The van der Waals surface area contributed by atoms with Crippen LogP contribution in [0.1, 0.15) is 396 Å². The second-order valence-corrected chi connectivity index (χ2v) is 34.6. The Morgan fingerprint density at radius 2 is 0.481 bits per heavy atom. The van der Waals surface area contributed by atoms with Gasteiger partial charge in [0, 0.05) is 0 Å². The number of hydrogen-bond donors (Lipinski definition) is 0. The fourth-order valence-electron chi connectivity index (χ4n) is 4.99. The SMILES string of the molecule is C.C.C.C.C.C.C.C.C.CC(C)(C)C.CC(C)(C)C(C)(C)C.CC(C)(C)C(F)(F)F.CC(C)(C)CC(C)(C)C.CC(C)(C)CC(C)(C)C(F)(F)F.CC(C)C(C)(C)C.CC(C)CC(C)(C)C.CCC(C)(C)C.CCCC(C)(C)C. The van der Waals surface area contributed by atoms with Crippen molar-refractivity contribution in [1.82, 2.24) is 0 Å². The van der Waals surface area contributed by atoms with Crippen LogP contribution in [0.5, 0.6) is 0 Å². The van der Waals surface area contributed by atoms with E-state index in [0.29, 0.717) is 48.7 Å². The summed E-state index contributed by atoms with van der Waals surface area (Å²) in [7, 11) is 0. The van der Waals surface area contributed by atoms with Gasteiger partial charge >= 0.3 is 12.4 Å². The summed E-state index contributed by atoms with van der Waals surface area (Å²) in [6.07, 6.45) is -1.47. The van der Waals surface area contributed by atoms with Crippen molar-refractivity contribution < 1.29 is 26.3 Å². The Hall–Kier alpha value is -0.420. The molecule has 0 aliphatic rings. The van der Waals surface area contributed by atoms with E-state index in [9.17, 15) is 26.3 Å². The molecule has 510 valence electrons. The highest BCUT2D eigenvalue weighted by atomic mass is 19.4. The maximum Gasteiger partial charge on any atom is 0.393 e. The average molecular weight is 1170 g/mol. The van der Waals surface area contributed by atoms with Crippen molar-refractivity contribution in [2.75, 3.05) is 0 Å². The maximum atomic E-state index is 12.4. The predicted molar refractivity (Wildman–Crippen MR) is 375 cm³/mol. The maximum absolute atomic E-state index is 12.4. The fourth-order valence-corrected chi connectivity index (χ4v) is 4.99. The van der Waals surface area contributed by atoms with Gasteiger partial charge in [0.2, 0.25) is 0 Å². The molecule has 0 atom stereocenters. The molecule has 0 aliphatic heterocycles. The van der Waals surface area contributed by atoms with Gasteiger partial charge in [-0.3, -0.25) is 0 Å². The molecule has 0 amide bonds. The molecule has 0 bridgehead atoms. The first-order valence-corrected chi connectivity index (χ1v) is 27.3. The zero-order chi connectivity index (χ0) is 60.4. The van der Waals surface area contributed by atoms with Crippen molar-refractivity contribution in [3.05, 3.63) is 0 Å². The Bertz CT molecular complexity index is 1100. The van der Waals surface area contributed by atoms with Gasteiger partial charge in [-0.2, -0.15) is 26.3 Å². The number of rotatable bonds is 3. The van der Waals surface area contributed by atoms with Gasteiger partial charge in [0.1, 0.15) is 0 Å². The van der Waals surface area contributed by atoms with E-state index in [1.807, 2.05) is 20.8 Å². The Balaban J connectivity index is -0.0000000329. The van der Waals surface area contributed by atoms with Crippen LogP contribution >= 0.6 is 0 Å².